The first kappa shape index (κ1) is 19.2. The van der Waals surface area contributed by atoms with Crippen molar-refractivity contribution in [1.29, 1.82) is 0 Å². The smallest absolute Gasteiger partial charge is 0.209 e. The van der Waals surface area contributed by atoms with Crippen LogP contribution in [0.5, 0.6) is 5.75 Å². The van der Waals surface area contributed by atoms with Gasteiger partial charge in [0.05, 0.1) is 19.0 Å². The molecule has 5 rings (SSSR count). The van der Waals surface area contributed by atoms with Crippen LogP contribution in [0.4, 0.5) is 0 Å². The van der Waals surface area contributed by atoms with E-state index in [9.17, 15) is 8.42 Å². The number of fused-ring (bicyclic) bond motifs is 5. The molecule has 6 nitrogen and oxygen atoms in total. The highest BCUT2D eigenvalue weighted by Crippen LogP contribution is 2.38. The molecule has 2 bridgehead atoms. The van der Waals surface area contributed by atoms with Crippen LogP contribution in [0.25, 0.3) is 0 Å². The van der Waals surface area contributed by atoms with E-state index < -0.39 is 10.0 Å². The molecule has 1 saturated carbocycles. The summed E-state index contributed by atoms with van der Waals surface area (Å²) in [6, 6.07) is 8.39. The van der Waals surface area contributed by atoms with Crippen molar-refractivity contribution in [3.63, 3.8) is 0 Å². The third-order valence-corrected chi connectivity index (χ3v) is 6.93. The molecule has 2 fully saturated rings. The van der Waals surface area contributed by atoms with Gasteiger partial charge in [0.1, 0.15) is 12.4 Å². The molecular formula is C20H30N2O4S. The molecule has 7 heteroatoms. The first-order valence-electron chi connectivity index (χ1n) is 10.0. The molecule has 0 amide bonds. The average Bonchev–Trinajstić information content (AvgIpc) is 3.01. The van der Waals surface area contributed by atoms with E-state index in [1.54, 1.807) is 0 Å². The van der Waals surface area contributed by atoms with E-state index >= 15 is 0 Å². The van der Waals surface area contributed by atoms with Gasteiger partial charge in [0, 0.05) is 25.2 Å². The highest BCUT2D eigenvalue weighted by atomic mass is 32.2. The van der Waals surface area contributed by atoms with E-state index in [4.69, 9.17) is 9.47 Å². The number of para-hydroxylation sites is 1. The van der Waals surface area contributed by atoms with Crippen molar-refractivity contribution in [2.75, 3.05) is 32.6 Å². The standard InChI is InChI=1S/C20H30N2O4S/c1-27(23,24)21-18-10-11-22-12-13-25-20-5-3-2-4-17(20)15-6-8-16(9-7-15)26-14-19(18)22/h2-5,15-16,18-19,21H,6-14H2,1H3/t15?,16?,18-,19?/m0/s1. The molecule has 3 heterocycles. The van der Waals surface area contributed by atoms with Gasteiger partial charge in [-0.25, -0.2) is 13.1 Å². The first-order valence-corrected chi connectivity index (χ1v) is 11.9. The maximum atomic E-state index is 11.8. The SMILES string of the molecule is CS(=O)(=O)N[C@H]1CCN2CCOc3ccccc3C3CCC(CC3)OCC12. The number of hydrogen-bond donors (Lipinski definition) is 1. The molecule has 150 valence electrons. The lowest BCUT2D eigenvalue weighted by Gasteiger charge is -2.32. The molecule has 0 aromatic heterocycles. The largest absolute Gasteiger partial charge is 0.492 e. The molecule has 0 spiro atoms. The Hall–Kier alpha value is -1.15. The van der Waals surface area contributed by atoms with Crippen LogP contribution in [0.2, 0.25) is 0 Å². The fourth-order valence-electron chi connectivity index (χ4n) is 4.83. The highest BCUT2D eigenvalue weighted by Gasteiger charge is 2.37. The lowest BCUT2D eigenvalue weighted by molar-refractivity contribution is -0.00651. The Morgan fingerprint density at radius 1 is 1.07 bits per heavy atom. The van der Waals surface area contributed by atoms with Gasteiger partial charge in [0.15, 0.2) is 0 Å². The monoisotopic (exact) mass is 394 g/mol. The van der Waals surface area contributed by atoms with Crippen LogP contribution in [-0.4, -0.2) is 64.1 Å². The molecule has 2 atom stereocenters. The third kappa shape index (κ3) is 4.65. The maximum absolute atomic E-state index is 11.8. The minimum absolute atomic E-state index is 0.0667. The molecule has 4 aliphatic rings. The van der Waals surface area contributed by atoms with Crippen molar-refractivity contribution in [2.45, 2.75) is 56.2 Å². The molecule has 1 saturated heterocycles. The Kier molecular flexibility index (Phi) is 5.73. The summed E-state index contributed by atoms with van der Waals surface area (Å²) in [6.45, 7) is 2.82. The van der Waals surface area contributed by atoms with E-state index in [2.05, 4.69) is 27.8 Å². The zero-order chi connectivity index (χ0) is 18.9. The van der Waals surface area contributed by atoms with E-state index in [1.165, 1.54) is 11.8 Å². The summed E-state index contributed by atoms with van der Waals surface area (Å²) in [6.07, 6.45) is 6.65. The van der Waals surface area contributed by atoms with Gasteiger partial charge in [-0.15, -0.1) is 0 Å². The van der Waals surface area contributed by atoms with Crippen LogP contribution >= 0.6 is 0 Å². The lowest BCUT2D eigenvalue weighted by atomic mass is 9.82. The van der Waals surface area contributed by atoms with Gasteiger partial charge in [-0.1, -0.05) is 18.2 Å². The van der Waals surface area contributed by atoms with Gasteiger partial charge in [-0.2, -0.15) is 0 Å². The Bertz CT molecular complexity index is 746. The molecule has 3 aliphatic heterocycles. The molecule has 1 aliphatic carbocycles. The normalized spacial score (nSPS) is 32.5. The van der Waals surface area contributed by atoms with E-state index in [0.29, 0.717) is 19.1 Å². The van der Waals surface area contributed by atoms with Crippen LogP contribution < -0.4 is 9.46 Å². The number of benzene rings is 1. The predicted octanol–water partition coefficient (Wildman–Crippen LogP) is 2.11. The minimum Gasteiger partial charge on any atom is -0.492 e. The number of hydrogen-bond acceptors (Lipinski definition) is 5. The second kappa shape index (κ2) is 8.07. The second-order valence-corrected chi connectivity index (χ2v) is 9.86. The molecule has 27 heavy (non-hydrogen) atoms. The van der Waals surface area contributed by atoms with Crippen molar-refractivity contribution in [1.82, 2.24) is 9.62 Å². The Morgan fingerprint density at radius 3 is 2.63 bits per heavy atom. The van der Waals surface area contributed by atoms with Crippen molar-refractivity contribution in [3.05, 3.63) is 29.8 Å². The summed E-state index contributed by atoms with van der Waals surface area (Å²) in [5.74, 6) is 1.55. The third-order valence-electron chi connectivity index (χ3n) is 6.20. The quantitative estimate of drug-likeness (QED) is 0.832. The van der Waals surface area contributed by atoms with Crippen molar-refractivity contribution in [3.8, 4) is 5.75 Å². The van der Waals surface area contributed by atoms with E-state index in [-0.39, 0.29) is 18.2 Å². The van der Waals surface area contributed by atoms with Crippen molar-refractivity contribution in [2.24, 2.45) is 0 Å². The van der Waals surface area contributed by atoms with Crippen LogP contribution in [0.15, 0.2) is 24.3 Å². The second-order valence-electron chi connectivity index (χ2n) is 8.08. The van der Waals surface area contributed by atoms with E-state index in [0.717, 1.165) is 50.9 Å². The summed E-state index contributed by atoms with van der Waals surface area (Å²) in [4.78, 5) is 2.32. The van der Waals surface area contributed by atoms with Crippen molar-refractivity contribution >= 4 is 10.0 Å². The zero-order valence-corrected chi connectivity index (χ0v) is 16.8. The Morgan fingerprint density at radius 2 is 1.85 bits per heavy atom. The van der Waals surface area contributed by atoms with E-state index in [1.807, 2.05) is 6.07 Å². The Balaban J connectivity index is 1.53. The fourth-order valence-corrected chi connectivity index (χ4v) is 5.65. The summed E-state index contributed by atoms with van der Waals surface area (Å²) in [5, 5.41) is 0. The molecule has 1 aromatic carbocycles. The van der Waals surface area contributed by atoms with Crippen LogP contribution in [0.3, 0.4) is 0 Å². The first-order chi connectivity index (χ1) is 13.0. The molecular weight excluding hydrogens is 364 g/mol. The van der Waals surface area contributed by atoms with Gasteiger partial charge in [-0.3, -0.25) is 4.90 Å². The summed E-state index contributed by atoms with van der Waals surface area (Å²) < 4.78 is 38.8. The summed E-state index contributed by atoms with van der Waals surface area (Å²) >= 11 is 0. The number of ether oxygens (including phenoxy) is 2. The molecule has 1 aromatic rings. The Labute approximate surface area is 162 Å². The number of nitrogens with zero attached hydrogens (tertiary/aromatic N) is 1. The average molecular weight is 395 g/mol. The number of sulfonamides is 1. The fraction of sp³-hybridized carbons (Fsp3) is 0.700. The van der Waals surface area contributed by atoms with Gasteiger partial charge in [0.25, 0.3) is 0 Å². The molecule has 1 unspecified atom stereocenters. The summed E-state index contributed by atoms with van der Waals surface area (Å²) in [5.41, 5.74) is 1.32. The van der Waals surface area contributed by atoms with Gasteiger partial charge < -0.3 is 9.47 Å². The maximum Gasteiger partial charge on any atom is 0.209 e. The molecule has 0 radical (unpaired) electrons. The topological polar surface area (TPSA) is 67.9 Å². The minimum atomic E-state index is -3.23. The number of rotatable bonds is 2. The lowest BCUT2D eigenvalue weighted by Crippen LogP contribution is -2.48. The van der Waals surface area contributed by atoms with Crippen LogP contribution in [0.1, 0.15) is 43.6 Å². The van der Waals surface area contributed by atoms with Crippen LogP contribution in [0, 0.1) is 0 Å². The van der Waals surface area contributed by atoms with Crippen molar-refractivity contribution < 1.29 is 17.9 Å². The van der Waals surface area contributed by atoms with Gasteiger partial charge in [0.2, 0.25) is 10.0 Å². The molecule has 1 N–H and O–H groups in total. The summed E-state index contributed by atoms with van der Waals surface area (Å²) in [7, 11) is -3.23. The predicted molar refractivity (Wildman–Crippen MR) is 105 cm³/mol. The zero-order valence-electron chi connectivity index (χ0n) is 16.0. The van der Waals surface area contributed by atoms with Crippen LogP contribution in [-0.2, 0) is 14.8 Å². The number of nitrogens with one attached hydrogen (secondary N) is 1. The highest BCUT2D eigenvalue weighted by molar-refractivity contribution is 7.88. The van der Waals surface area contributed by atoms with Gasteiger partial charge in [-0.05, 0) is 49.7 Å². The van der Waals surface area contributed by atoms with Gasteiger partial charge >= 0.3 is 0 Å².